The van der Waals surface area contributed by atoms with E-state index in [0.717, 1.165) is 31.1 Å². The maximum Gasteiger partial charge on any atom is 0.169 e. The van der Waals surface area contributed by atoms with Crippen LogP contribution >= 0.6 is 0 Å². The number of unbranched alkanes of at least 4 members (excludes halogenated alkanes) is 1. The van der Waals surface area contributed by atoms with Crippen molar-refractivity contribution in [2.45, 2.75) is 211 Å². The molecule has 6 heteroatoms. The molecule has 0 radical (unpaired) electrons. The summed E-state index contributed by atoms with van der Waals surface area (Å²) in [5.41, 5.74) is 10.00. The molecule has 118 heavy (non-hydrogen) atoms. The van der Waals surface area contributed by atoms with E-state index in [1.54, 1.807) is 0 Å². The summed E-state index contributed by atoms with van der Waals surface area (Å²) >= 11 is 0. The number of benzene rings is 15. The van der Waals surface area contributed by atoms with Crippen molar-refractivity contribution in [2.24, 2.45) is 0 Å². The highest BCUT2D eigenvalue weighted by Crippen LogP contribution is 2.40. The summed E-state index contributed by atoms with van der Waals surface area (Å²) in [4.78, 5) is 20.6. The molecule has 1 aliphatic rings. The Kier molecular flexibility index (Phi) is 32.5. The maximum absolute atomic E-state index is 5.80. The Morgan fingerprint density at radius 3 is 0.822 bits per heavy atom. The zero-order valence-electron chi connectivity index (χ0n) is 70.9. The lowest BCUT2D eigenvalue weighted by Gasteiger charge is -2.22. The minimum atomic E-state index is -0.0858. The Morgan fingerprint density at radius 2 is 0.534 bits per heavy atom. The third-order valence-electron chi connectivity index (χ3n) is 20.7. The van der Waals surface area contributed by atoms with Crippen LogP contribution in [0.4, 0.5) is 0 Å². The van der Waals surface area contributed by atoms with E-state index in [4.69, 9.17) is 4.74 Å². The Balaban J connectivity index is 0.000000136. The molecule has 15 aromatic rings. The Hall–Kier alpha value is -10.2. The lowest BCUT2D eigenvalue weighted by Crippen LogP contribution is -2.12. The van der Waals surface area contributed by atoms with Crippen LogP contribution in [0.3, 0.4) is 0 Å². The summed E-state index contributed by atoms with van der Waals surface area (Å²) in [6.07, 6.45) is 9.18. The van der Waals surface area contributed by atoms with Gasteiger partial charge in [-0.1, -0.05) is 298 Å². The molecule has 0 bridgehead atoms. The van der Waals surface area contributed by atoms with E-state index in [1.807, 2.05) is 0 Å². The molecule has 0 spiro atoms. The fourth-order valence-corrected chi connectivity index (χ4v) is 25.3. The van der Waals surface area contributed by atoms with Crippen molar-refractivity contribution in [1.29, 1.82) is 0 Å². The topological polar surface area (TPSA) is 9.23 Å². The SMILES string of the molecule is CC(C)(C)c1ccc([S+](c2ccccc2)c2ccc(C(C)(C)C)cc2)cc1.CCCCOc1ccc([S+](c2ccccc2)c2ccccc2)cc1.Cc1cc(C)cc([S+](c2ccccc2)c2ccccc2)c1.Cc1ccc([S+](c2ccccc2)c2ccccc2)c(C)c1.c1ccc([S+](c2ccccc2)c2ccc(C3CCCCC3)cc2)cc1. The molecule has 596 valence electrons. The molecule has 1 nitrogen and oxygen atoms in total. The highest BCUT2D eigenvalue weighted by atomic mass is 32.2. The normalized spacial score (nSPS) is 12.1. The molecule has 0 aromatic heterocycles. The summed E-state index contributed by atoms with van der Waals surface area (Å²) in [5.74, 6) is 1.73. The monoisotopic (exact) mass is 1640 g/mol. The molecule has 1 fully saturated rings. The smallest absolute Gasteiger partial charge is 0.169 e. The van der Waals surface area contributed by atoms with E-state index in [1.165, 1.54) is 144 Å². The number of ether oxygens (including phenoxy) is 1. The number of aryl methyl sites for hydroxylation is 4. The van der Waals surface area contributed by atoms with Gasteiger partial charge in [-0.25, -0.2) is 0 Å². The van der Waals surface area contributed by atoms with Gasteiger partial charge in [0.15, 0.2) is 73.4 Å². The van der Waals surface area contributed by atoms with Crippen LogP contribution in [0.1, 0.15) is 138 Å². The summed E-state index contributed by atoms with van der Waals surface area (Å²) in [6.45, 7) is 25.3. The molecule has 0 heterocycles. The quantitative estimate of drug-likeness (QED) is 0.0546. The zero-order chi connectivity index (χ0) is 82.5. The van der Waals surface area contributed by atoms with E-state index < -0.39 is 0 Å². The van der Waals surface area contributed by atoms with Crippen molar-refractivity contribution >= 4 is 54.5 Å². The molecular weight excluding hydrogens is 1520 g/mol. The molecule has 0 unspecified atom stereocenters. The zero-order valence-corrected chi connectivity index (χ0v) is 74.9. The molecule has 0 amide bonds. The molecular formula is C112H117OS5+5. The Bertz CT molecular complexity index is 5150. The predicted molar refractivity (Wildman–Crippen MR) is 510 cm³/mol. The highest BCUT2D eigenvalue weighted by Gasteiger charge is 2.35. The number of hydrogen-bond donors (Lipinski definition) is 0. The van der Waals surface area contributed by atoms with Crippen molar-refractivity contribution in [3.05, 3.63) is 445 Å². The van der Waals surface area contributed by atoms with E-state index >= 15 is 0 Å². The Labute approximate surface area is 722 Å². The predicted octanol–water partition coefficient (Wildman–Crippen LogP) is 31.0. The van der Waals surface area contributed by atoms with Gasteiger partial charge in [0.05, 0.1) is 61.1 Å². The van der Waals surface area contributed by atoms with Crippen molar-refractivity contribution in [3.63, 3.8) is 0 Å². The van der Waals surface area contributed by atoms with Crippen LogP contribution in [0.15, 0.2) is 480 Å². The first-order valence-corrected chi connectivity index (χ1v) is 47.9. The minimum absolute atomic E-state index is 0.0278. The van der Waals surface area contributed by atoms with Crippen LogP contribution in [0.5, 0.6) is 5.75 Å². The van der Waals surface area contributed by atoms with Gasteiger partial charge in [0, 0.05) is 5.56 Å². The summed E-state index contributed by atoms with van der Waals surface area (Å²) in [5, 5.41) is 0. The molecule has 1 aliphatic carbocycles. The lowest BCUT2D eigenvalue weighted by molar-refractivity contribution is 0.309. The second kappa shape index (κ2) is 44.1. The van der Waals surface area contributed by atoms with Crippen molar-refractivity contribution in [2.75, 3.05) is 6.61 Å². The van der Waals surface area contributed by atoms with Crippen LogP contribution < -0.4 is 4.74 Å². The van der Waals surface area contributed by atoms with Gasteiger partial charge in [0.1, 0.15) is 5.75 Å². The van der Waals surface area contributed by atoms with Crippen molar-refractivity contribution in [1.82, 2.24) is 0 Å². The minimum Gasteiger partial charge on any atom is -0.494 e. The average molecular weight is 1640 g/mol. The van der Waals surface area contributed by atoms with E-state index in [9.17, 15) is 0 Å². The molecule has 0 atom stereocenters. The van der Waals surface area contributed by atoms with Gasteiger partial charge < -0.3 is 4.74 Å². The summed E-state index contributed by atoms with van der Waals surface area (Å²) < 4.78 is 5.80. The second-order valence-corrected chi connectivity index (χ2v) is 42.2. The van der Waals surface area contributed by atoms with Crippen LogP contribution in [0.25, 0.3) is 0 Å². The molecule has 16 rings (SSSR count). The summed E-state index contributed by atoms with van der Waals surface area (Å²) in [6, 6.07) is 147. The first kappa shape index (κ1) is 87.2. The molecule has 0 aliphatic heterocycles. The van der Waals surface area contributed by atoms with Crippen LogP contribution in [-0.4, -0.2) is 6.61 Å². The lowest BCUT2D eigenvalue weighted by atomic mass is 9.84. The number of hydrogen-bond acceptors (Lipinski definition) is 1. The number of rotatable bonds is 20. The molecule has 1 saturated carbocycles. The molecule has 0 saturated heterocycles. The van der Waals surface area contributed by atoms with E-state index in [0.29, 0.717) is 0 Å². The largest absolute Gasteiger partial charge is 0.494 e. The van der Waals surface area contributed by atoms with Gasteiger partial charge in [-0.2, -0.15) is 0 Å². The van der Waals surface area contributed by atoms with Gasteiger partial charge in [-0.15, -0.1) is 0 Å². The van der Waals surface area contributed by atoms with Gasteiger partial charge >= 0.3 is 0 Å². The second-order valence-electron chi connectivity index (χ2n) is 32.1. The standard InChI is InChI=1S/C26H31S.C24H25S.C22H23OS.2C20H19S/c1-25(2,3)20-12-16-23(17-13-20)27(22-10-8-7-9-11-22)24-18-14-21(15-19-24)26(4,5)6;1-4-10-20(11-5-1)21-16-18-24(19-17-21)25(22-12-6-2-7-13-22)23-14-8-3-9-15-23;1-2-3-18-23-19-14-16-22(17-15-19)24(20-10-6-4-7-11-20)21-12-8-5-9-13-21;1-16-13-17(2)15-20(14-16)21(18-9-5-3-6-10-18)19-11-7-4-8-12-19;1-16-13-14-20(17(2)15-16)21(18-9-5-3-6-10-18)19-11-7-4-8-12-19/h7-19H,1-6H3;2-3,6-9,12-20H,1,4-5,10-11H2;4-17H,2-3,18H2,1H3;2*3-15H,1-2H3/q5*+1. The van der Waals surface area contributed by atoms with Crippen molar-refractivity contribution < 1.29 is 4.74 Å². The van der Waals surface area contributed by atoms with E-state index in [-0.39, 0.29) is 65.3 Å². The van der Waals surface area contributed by atoms with Crippen LogP contribution in [0.2, 0.25) is 0 Å². The molecule has 15 aromatic carbocycles. The maximum atomic E-state index is 5.80. The third kappa shape index (κ3) is 25.0. The van der Waals surface area contributed by atoms with E-state index in [2.05, 4.69) is 483 Å². The van der Waals surface area contributed by atoms with Crippen LogP contribution in [-0.2, 0) is 65.3 Å². The Morgan fingerprint density at radius 1 is 0.263 bits per heavy atom. The fourth-order valence-electron chi connectivity index (χ4n) is 14.6. The fraction of sp³-hybridized carbons (Fsp3) is 0.196. The van der Waals surface area contributed by atoms with Gasteiger partial charge in [0.2, 0.25) is 0 Å². The summed E-state index contributed by atoms with van der Waals surface area (Å²) in [7, 11) is -0.268. The average Bonchev–Trinajstić information content (AvgIpc) is 0.854. The van der Waals surface area contributed by atoms with Crippen molar-refractivity contribution in [3.8, 4) is 5.75 Å². The van der Waals surface area contributed by atoms with Gasteiger partial charge in [-0.05, 0) is 280 Å². The van der Waals surface area contributed by atoms with Crippen LogP contribution in [0, 0.1) is 27.7 Å². The first-order chi connectivity index (χ1) is 57.4. The molecule has 0 N–H and O–H groups in total. The first-order valence-electron chi connectivity index (χ1n) is 41.8. The highest BCUT2D eigenvalue weighted by molar-refractivity contribution is 7.98. The third-order valence-corrected chi connectivity index (χ3v) is 32.0. The van der Waals surface area contributed by atoms with Gasteiger partial charge in [-0.3, -0.25) is 0 Å². The van der Waals surface area contributed by atoms with Gasteiger partial charge in [0.25, 0.3) is 0 Å².